The van der Waals surface area contributed by atoms with Crippen LogP contribution in [0, 0.1) is 11.3 Å². The fraction of sp³-hybridized carbons (Fsp3) is 0.419. The molecular weight excluding hydrogens is 526 g/mol. The van der Waals surface area contributed by atoms with E-state index >= 15 is 0 Å². The molecule has 40 heavy (non-hydrogen) atoms. The predicted octanol–water partition coefficient (Wildman–Crippen LogP) is 4.09. The van der Waals surface area contributed by atoms with Gasteiger partial charge >= 0.3 is 0 Å². The number of carbonyl (C=O) groups excluding carboxylic acids is 1. The van der Waals surface area contributed by atoms with E-state index in [4.69, 9.17) is 4.74 Å². The average Bonchev–Trinajstić information content (AvgIpc) is 3.43. The number of aliphatic hydroxyl groups is 3. The third-order valence-corrected chi connectivity index (χ3v) is 8.24. The Labute approximate surface area is 239 Å². The summed E-state index contributed by atoms with van der Waals surface area (Å²) in [5.74, 6) is -0.608. The van der Waals surface area contributed by atoms with E-state index < -0.39 is 36.4 Å². The van der Waals surface area contributed by atoms with Gasteiger partial charge in [0, 0.05) is 35.1 Å². The fourth-order valence-corrected chi connectivity index (χ4v) is 5.91. The van der Waals surface area contributed by atoms with Gasteiger partial charge in [0.1, 0.15) is 36.1 Å². The van der Waals surface area contributed by atoms with Crippen molar-refractivity contribution in [2.24, 2.45) is 0 Å². The van der Waals surface area contributed by atoms with E-state index in [2.05, 4.69) is 60.5 Å². The summed E-state index contributed by atoms with van der Waals surface area (Å²) < 4.78 is 5.51. The van der Waals surface area contributed by atoms with Crippen molar-refractivity contribution in [2.75, 3.05) is 24.5 Å². The molecule has 0 saturated carbocycles. The second-order valence-electron chi connectivity index (χ2n) is 10.2. The lowest BCUT2D eigenvalue weighted by atomic mass is 9.95. The predicted molar refractivity (Wildman–Crippen MR) is 159 cm³/mol. The first-order valence-electron chi connectivity index (χ1n) is 13.7. The standard InChI is InChI=1S/C31H37N3O5S/c1-4-12-34(13-5-2)24-9-8-20-14-22(7-6-21(20)15-24)27-11-10-25(40-27)16-23(17-32)31(38)33-18-26-29(36)30(37)28(35)19(3)39-26/h6-11,14-16,19,26,28-30,35-37H,4-5,12-13,18H2,1-3H3,(H,33,38)/b23-16+/t19?,26-,28+,29-,30-/m1/s1. The number of anilines is 1. The summed E-state index contributed by atoms with van der Waals surface area (Å²) in [6.45, 7) is 7.93. The number of nitrogens with one attached hydrogen (secondary N) is 1. The van der Waals surface area contributed by atoms with Gasteiger partial charge in [-0.05, 0) is 72.5 Å². The highest BCUT2D eigenvalue weighted by molar-refractivity contribution is 7.16. The van der Waals surface area contributed by atoms with Crippen LogP contribution in [0.2, 0.25) is 0 Å². The second kappa shape index (κ2) is 13.4. The van der Waals surface area contributed by atoms with Gasteiger partial charge in [-0.15, -0.1) is 11.3 Å². The molecule has 4 rings (SSSR count). The molecule has 1 fully saturated rings. The van der Waals surface area contributed by atoms with Gasteiger partial charge in [-0.2, -0.15) is 5.26 Å². The summed E-state index contributed by atoms with van der Waals surface area (Å²) in [5.41, 5.74) is 2.22. The Balaban J connectivity index is 1.45. The van der Waals surface area contributed by atoms with Crippen molar-refractivity contribution in [2.45, 2.75) is 64.1 Å². The number of aliphatic hydroxyl groups excluding tert-OH is 3. The zero-order chi connectivity index (χ0) is 28.8. The summed E-state index contributed by atoms with van der Waals surface area (Å²) in [5, 5.41) is 44.5. The zero-order valence-corrected chi connectivity index (χ0v) is 23.9. The molecular formula is C31H37N3O5S. The summed E-state index contributed by atoms with van der Waals surface area (Å²) in [6, 6.07) is 18.7. The Morgan fingerprint density at radius 1 is 1.02 bits per heavy atom. The van der Waals surface area contributed by atoms with E-state index in [1.165, 1.54) is 28.5 Å². The molecule has 1 aromatic heterocycles. The minimum atomic E-state index is -1.38. The second-order valence-corrected chi connectivity index (χ2v) is 11.3. The molecule has 212 valence electrons. The quantitative estimate of drug-likeness (QED) is 0.216. The maximum Gasteiger partial charge on any atom is 0.262 e. The number of hydrogen-bond acceptors (Lipinski definition) is 8. The molecule has 1 saturated heterocycles. The lowest BCUT2D eigenvalue weighted by molar-refractivity contribution is -0.215. The number of fused-ring (bicyclic) bond motifs is 1. The third kappa shape index (κ3) is 6.72. The molecule has 5 atom stereocenters. The van der Waals surface area contributed by atoms with Gasteiger partial charge in [0.15, 0.2) is 0 Å². The number of hydrogen-bond donors (Lipinski definition) is 4. The third-order valence-electron chi connectivity index (χ3n) is 7.15. The molecule has 1 unspecified atom stereocenters. The highest BCUT2D eigenvalue weighted by atomic mass is 32.1. The SMILES string of the molecule is CCCN(CCC)c1ccc2cc(-c3ccc(/C=C(\C#N)C(=O)NC[C@H]4OC(C)[C@H](O)[C@@H](O)[C@@H]4O)s3)ccc2c1. The summed E-state index contributed by atoms with van der Waals surface area (Å²) >= 11 is 1.48. The molecule has 2 aromatic carbocycles. The van der Waals surface area contributed by atoms with Crippen LogP contribution < -0.4 is 10.2 Å². The van der Waals surface area contributed by atoms with Gasteiger partial charge in [0.2, 0.25) is 0 Å². The first-order chi connectivity index (χ1) is 19.2. The summed E-state index contributed by atoms with van der Waals surface area (Å²) in [6.07, 6.45) is -1.82. The topological polar surface area (TPSA) is 126 Å². The van der Waals surface area contributed by atoms with Crippen LogP contribution in [0.4, 0.5) is 5.69 Å². The van der Waals surface area contributed by atoms with Gasteiger partial charge in [-0.1, -0.05) is 32.0 Å². The van der Waals surface area contributed by atoms with Crippen LogP contribution in [-0.2, 0) is 9.53 Å². The van der Waals surface area contributed by atoms with Crippen molar-refractivity contribution in [1.82, 2.24) is 5.32 Å². The van der Waals surface area contributed by atoms with Crippen molar-refractivity contribution in [3.05, 3.63) is 59.0 Å². The first-order valence-corrected chi connectivity index (χ1v) is 14.6. The summed E-state index contributed by atoms with van der Waals surface area (Å²) in [4.78, 5) is 16.9. The first kappa shape index (κ1) is 29.7. The van der Waals surface area contributed by atoms with Crippen LogP contribution in [0.25, 0.3) is 27.3 Å². The van der Waals surface area contributed by atoms with Crippen molar-refractivity contribution in [3.63, 3.8) is 0 Å². The largest absolute Gasteiger partial charge is 0.388 e. The molecule has 2 heterocycles. The lowest BCUT2D eigenvalue weighted by Crippen LogP contribution is -2.59. The van der Waals surface area contributed by atoms with Crippen molar-refractivity contribution in [1.29, 1.82) is 5.26 Å². The molecule has 0 bridgehead atoms. The van der Waals surface area contributed by atoms with Crippen LogP contribution >= 0.6 is 11.3 Å². The smallest absolute Gasteiger partial charge is 0.262 e. The minimum absolute atomic E-state index is 0.0814. The molecule has 0 spiro atoms. The Morgan fingerprint density at radius 2 is 1.73 bits per heavy atom. The zero-order valence-electron chi connectivity index (χ0n) is 23.1. The number of benzene rings is 2. The number of nitriles is 1. The van der Waals surface area contributed by atoms with E-state index in [9.17, 15) is 25.4 Å². The van der Waals surface area contributed by atoms with Gasteiger partial charge < -0.3 is 30.3 Å². The van der Waals surface area contributed by atoms with Crippen molar-refractivity contribution < 1.29 is 24.9 Å². The van der Waals surface area contributed by atoms with Crippen LogP contribution in [0.5, 0.6) is 0 Å². The Kier molecular flexibility index (Phi) is 9.95. The Morgan fingerprint density at radius 3 is 2.42 bits per heavy atom. The molecule has 0 radical (unpaired) electrons. The van der Waals surface area contributed by atoms with Gasteiger partial charge in [-0.25, -0.2) is 0 Å². The Bertz CT molecular complexity index is 1390. The van der Waals surface area contributed by atoms with E-state index in [0.29, 0.717) is 0 Å². The minimum Gasteiger partial charge on any atom is -0.388 e. The molecule has 1 amide bonds. The van der Waals surface area contributed by atoms with Crippen LogP contribution in [0.1, 0.15) is 38.5 Å². The number of amides is 1. The van der Waals surface area contributed by atoms with E-state index in [1.54, 1.807) is 6.92 Å². The highest BCUT2D eigenvalue weighted by Crippen LogP contribution is 2.33. The van der Waals surface area contributed by atoms with Gasteiger partial charge in [-0.3, -0.25) is 4.79 Å². The van der Waals surface area contributed by atoms with Crippen LogP contribution in [0.3, 0.4) is 0 Å². The van der Waals surface area contributed by atoms with Crippen LogP contribution in [-0.4, -0.2) is 71.4 Å². The van der Waals surface area contributed by atoms with Gasteiger partial charge in [0.25, 0.3) is 5.91 Å². The monoisotopic (exact) mass is 563 g/mol. The molecule has 4 N–H and O–H groups in total. The number of carbonyl (C=O) groups is 1. The number of ether oxygens (including phenoxy) is 1. The normalized spacial score (nSPS) is 23.1. The molecule has 1 aliphatic rings. The molecule has 0 aliphatic carbocycles. The highest BCUT2D eigenvalue weighted by Gasteiger charge is 2.41. The maximum atomic E-state index is 12.7. The number of nitrogens with zero attached hydrogens (tertiary/aromatic N) is 2. The lowest BCUT2D eigenvalue weighted by Gasteiger charge is -2.39. The van der Waals surface area contributed by atoms with Gasteiger partial charge in [0.05, 0.1) is 6.10 Å². The van der Waals surface area contributed by atoms with Crippen molar-refractivity contribution in [3.8, 4) is 16.5 Å². The summed E-state index contributed by atoms with van der Waals surface area (Å²) in [7, 11) is 0. The van der Waals surface area contributed by atoms with E-state index in [1.807, 2.05) is 18.2 Å². The maximum absolute atomic E-state index is 12.7. The Hall–Kier alpha value is -3.26. The number of rotatable bonds is 10. The van der Waals surface area contributed by atoms with E-state index in [0.717, 1.165) is 46.6 Å². The molecule has 3 aromatic rings. The molecule has 1 aliphatic heterocycles. The van der Waals surface area contributed by atoms with Crippen LogP contribution in [0.15, 0.2) is 54.1 Å². The average molecular weight is 564 g/mol. The number of thiophene rings is 1. The molecule has 8 nitrogen and oxygen atoms in total. The molecule has 9 heteroatoms. The van der Waals surface area contributed by atoms with Crippen molar-refractivity contribution >= 4 is 39.8 Å². The fourth-order valence-electron chi connectivity index (χ4n) is 4.96. The van der Waals surface area contributed by atoms with E-state index in [-0.39, 0.29) is 12.1 Å².